The van der Waals surface area contributed by atoms with Gasteiger partial charge < -0.3 is 9.72 Å². The summed E-state index contributed by atoms with van der Waals surface area (Å²) >= 11 is 0. The van der Waals surface area contributed by atoms with Gasteiger partial charge >= 0.3 is 0 Å². The number of sulfonamides is 1. The third-order valence-electron chi connectivity index (χ3n) is 5.23. The molecule has 0 aliphatic carbocycles. The average Bonchev–Trinajstić information content (AvgIpc) is 3.14. The number of hydrogen-bond acceptors (Lipinski definition) is 6. The quantitative estimate of drug-likeness (QED) is 0.475. The smallest absolute Gasteiger partial charge is 0.293 e. The fourth-order valence-electron chi connectivity index (χ4n) is 3.65. The highest BCUT2D eigenvalue weighted by atomic mass is 32.2. The molecule has 30 heavy (non-hydrogen) atoms. The molecule has 0 bridgehead atoms. The summed E-state index contributed by atoms with van der Waals surface area (Å²) in [6.45, 7) is 3.16. The lowest BCUT2D eigenvalue weighted by atomic mass is 10.2. The van der Waals surface area contributed by atoms with Crippen molar-refractivity contribution in [2.75, 3.05) is 18.4 Å². The number of hydrogen-bond donors (Lipinski definition) is 1. The first-order chi connectivity index (χ1) is 14.3. The van der Waals surface area contributed by atoms with Crippen LogP contribution in [0.1, 0.15) is 30.5 Å². The topological polar surface area (TPSA) is 110 Å². The van der Waals surface area contributed by atoms with Gasteiger partial charge in [-0.3, -0.25) is 10.1 Å². The zero-order valence-electron chi connectivity index (χ0n) is 16.6. The summed E-state index contributed by atoms with van der Waals surface area (Å²) in [6.07, 6.45) is 6.42. The van der Waals surface area contributed by atoms with Crippen molar-refractivity contribution >= 4 is 27.0 Å². The molecule has 0 unspecified atom stereocenters. The summed E-state index contributed by atoms with van der Waals surface area (Å²) in [6, 6.07) is 7.88. The fourth-order valence-corrected chi connectivity index (χ4v) is 5.19. The molecule has 1 aliphatic rings. The monoisotopic (exact) mass is 429 g/mol. The number of nitrogens with zero attached hydrogens (tertiary/aromatic N) is 4. The Morgan fingerprint density at radius 2 is 1.90 bits per heavy atom. The summed E-state index contributed by atoms with van der Waals surface area (Å²) in [5.41, 5.74) is 2.59. The van der Waals surface area contributed by atoms with E-state index >= 15 is 0 Å². The second-order valence-electron chi connectivity index (χ2n) is 7.46. The molecule has 1 aliphatic heterocycles. The number of aryl methyl sites for hydroxylation is 1. The predicted molar refractivity (Wildman–Crippen MR) is 113 cm³/mol. The van der Waals surface area contributed by atoms with Crippen LogP contribution in [0.5, 0.6) is 0 Å². The van der Waals surface area contributed by atoms with Crippen LogP contribution in [0, 0.1) is 17.0 Å². The number of nitro benzene ring substituents is 1. The molecule has 0 saturated carbocycles. The summed E-state index contributed by atoms with van der Waals surface area (Å²) in [5.74, 6) is 0. The molecule has 3 aromatic rings. The maximum atomic E-state index is 12.8. The van der Waals surface area contributed by atoms with E-state index < -0.39 is 14.9 Å². The first-order valence-corrected chi connectivity index (χ1v) is 11.3. The maximum absolute atomic E-state index is 12.8. The van der Waals surface area contributed by atoms with Crippen molar-refractivity contribution in [3.05, 3.63) is 64.1 Å². The number of fused-ring (bicyclic) bond motifs is 1. The first kappa shape index (κ1) is 20.3. The SMILES string of the molecule is Cc1ccc2nc(CNc3ccc(S(=O)(=O)N4CCCCC4)cc3[N+](=O)[O-])cn2c1. The van der Waals surface area contributed by atoms with Crippen LogP contribution in [0.3, 0.4) is 0 Å². The maximum Gasteiger partial charge on any atom is 0.293 e. The van der Waals surface area contributed by atoms with Gasteiger partial charge in [-0.1, -0.05) is 12.5 Å². The fraction of sp³-hybridized carbons (Fsp3) is 0.350. The van der Waals surface area contributed by atoms with Crippen molar-refractivity contribution in [2.45, 2.75) is 37.6 Å². The van der Waals surface area contributed by atoms with E-state index in [4.69, 9.17) is 0 Å². The van der Waals surface area contributed by atoms with Gasteiger partial charge in [0.25, 0.3) is 5.69 Å². The number of pyridine rings is 1. The average molecular weight is 430 g/mol. The number of benzene rings is 1. The van der Waals surface area contributed by atoms with Gasteiger partial charge in [-0.15, -0.1) is 0 Å². The summed E-state index contributed by atoms with van der Waals surface area (Å²) < 4.78 is 29.0. The molecule has 9 nitrogen and oxygen atoms in total. The van der Waals surface area contributed by atoms with E-state index in [1.54, 1.807) is 0 Å². The van der Waals surface area contributed by atoms with Crippen LogP contribution in [0.4, 0.5) is 11.4 Å². The highest BCUT2D eigenvalue weighted by molar-refractivity contribution is 7.89. The van der Waals surface area contributed by atoms with Crippen LogP contribution in [0.25, 0.3) is 5.65 Å². The van der Waals surface area contributed by atoms with E-state index in [-0.39, 0.29) is 22.8 Å². The van der Waals surface area contributed by atoms with Gasteiger partial charge in [0.1, 0.15) is 11.3 Å². The van der Waals surface area contributed by atoms with E-state index in [0.29, 0.717) is 13.1 Å². The molecule has 1 N–H and O–H groups in total. The van der Waals surface area contributed by atoms with Crippen molar-refractivity contribution in [1.82, 2.24) is 13.7 Å². The van der Waals surface area contributed by atoms with E-state index in [1.807, 2.05) is 35.9 Å². The molecule has 1 aromatic carbocycles. The van der Waals surface area contributed by atoms with Crippen LogP contribution in [-0.2, 0) is 16.6 Å². The Labute approximate surface area is 174 Å². The Balaban J connectivity index is 1.57. The predicted octanol–water partition coefficient (Wildman–Crippen LogP) is 3.34. The molecule has 1 fully saturated rings. The molecule has 4 rings (SSSR count). The lowest BCUT2D eigenvalue weighted by molar-refractivity contribution is -0.384. The molecule has 3 heterocycles. The molecule has 0 spiro atoms. The normalized spacial score (nSPS) is 15.4. The van der Waals surface area contributed by atoms with Crippen molar-refractivity contribution < 1.29 is 13.3 Å². The van der Waals surface area contributed by atoms with Crippen LogP contribution >= 0.6 is 0 Å². The number of aromatic nitrogens is 2. The van der Waals surface area contributed by atoms with Crippen molar-refractivity contribution in [3.8, 4) is 0 Å². The second-order valence-corrected chi connectivity index (χ2v) is 9.40. The number of rotatable bonds is 6. The third kappa shape index (κ3) is 4.01. The van der Waals surface area contributed by atoms with Crippen LogP contribution in [-0.4, -0.2) is 40.1 Å². The second kappa shape index (κ2) is 8.04. The number of nitrogens with one attached hydrogen (secondary N) is 1. The third-order valence-corrected chi connectivity index (χ3v) is 7.12. The van der Waals surface area contributed by atoms with Crippen molar-refractivity contribution in [1.29, 1.82) is 0 Å². The minimum Gasteiger partial charge on any atom is -0.374 e. The van der Waals surface area contributed by atoms with E-state index in [1.165, 1.54) is 16.4 Å². The number of imidazole rings is 1. The molecule has 0 atom stereocenters. The molecule has 10 heteroatoms. The minimum atomic E-state index is -3.74. The first-order valence-electron chi connectivity index (χ1n) is 9.81. The molecule has 0 amide bonds. The number of piperidine rings is 1. The summed E-state index contributed by atoms with van der Waals surface area (Å²) in [5, 5.41) is 14.6. The van der Waals surface area contributed by atoms with Gasteiger partial charge in [-0.2, -0.15) is 4.31 Å². The van der Waals surface area contributed by atoms with Crippen LogP contribution in [0.15, 0.2) is 47.6 Å². The molecular weight excluding hydrogens is 406 g/mol. The Morgan fingerprint density at radius 3 is 2.63 bits per heavy atom. The van der Waals surface area contributed by atoms with E-state index in [0.717, 1.165) is 42.2 Å². The van der Waals surface area contributed by atoms with E-state index in [2.05, 4.69) is 10.3 Å². The lowest BCUT2D eigenvalue weighted by Gasteiger charge is -2.25. The minimum absolute atomic E-state index is 0.0511. The van der Waals surface area contributed by atoms with Gasteiger partial charge in [-0.05, 0) is 43.5 Å². The lowest BCUT2D eigenvalue weighted by Crippen LogP contribution is -2.35. The Kier molecular flexibility index (Phi) is 5.44. The van der Waals surface area contributed by atoms with Gasteiger partial charge in [-0.25, -0.2) is 13.4 Å². The zero-order valence-corrected chi connectivity index (χ0v) is 17.4. The van der Waals surface area contributed by atoms with Crippen LogP contribution in [0.2, 0.25) is 0 Å². The standard InChI is InChI=1S/C20H23N5O4S/c1-15-5-8-20-22-16(14-23(20)13-15)12-21-18-7-6-17(11-19(18)25(26)27)30(28,29)24-9-3-2-4-10-24/h5-8,11,13-14,21H,2-4,9-10,12H2,1H3. The molecule has 1 saturated heterocycles. The molecule has 2 aromatic heterocycles. The van der Waals surface area contributed by atoms with Gasteiger partial charge in [0.15, 0.2) is 0 Å². The van der Waals surface area contributed by atoms with Gasteiger partial charge in [0, 0.05) is 31.5 Å². The summed E-state index contributed by atoms with van der Waals surface area (Å²) in [7, 11) is -3.74. The zero-order chi connectivity index (χ0) is 21.3. The largest absolute Gasteiger partial charge is 0.374 e. The van der Waals surface area contributed by atoms with Crippen molar-refractivity contribution in [2.24, 2.45) is 0 Å². The van der Waals surface area contributed by atoms with Crippen molar-refractivity contribution in [3.63, 3.8) is 0 Å². The van der Waals surface area contributed by atoms with Gasteiger partial charge in [0.2, 0.25) is 10.0 Å². The number of nitro groups is 1. The Hall–Kier alpha value is -2.98. The molecule has 0 radical (unpaired) electrons. The molecular formula is C20H23N5O4S. The molecule has 158 valence electrons. The van der Waals surface area contributed by atoms with E-state index in [9.17, 15) is 18.5 Å². The van der Waals surface area contributed by atoms with Gasteiger partial charge in [0.05, 0.1) is 22.1 Å². The number of anilines is 1. The highest BCUT2D eigenvalue weighted by Crippen LogP contribution is 2.30. The Bertz CT molecular complexity index is 1200. The van der Waals surface area contributed by atoms with Crippen LogP contribution < -0.4 is 5.32 Å². The summed E-state index contributed by atoms with van der Waals surface area (Å²) in [4.78, 5) is 15.5. The Morgan fingerprint density at radius 1 is 1.13 bits per heavy atom. The highest BCUT2D eigenvalue weighted by Gasteiger charge is 2.28.